The van der Waals surface area contributed by atoms with Crippen LogP contribution in [-0.2, 0) is 7.05 Å². The molecule has 21 heavy (non-hydrogen) atoms. The Labute approximate surface area is 123 Å². The van der Waals surface area contributed by atoms with Gasteiger partial charge < -0.3 is 14.9 Å². The predicted molar refractivity (Wildman–Crippen MR) is 80.2 cm³/mol. The van der Waals surface area contributed by atoms with Crippen LogP contribution >= 0.6 is 0 Å². The van der Waals surface area contributed by atoms with Gasteiger partial charge in [0, 0.05) is 36.9 Å². The van der Waals surface area contributed by atoms with E-state index in [0.717, 1.165) is 11.4 Å². The average Bonchev–Trinajstić information content (AvgIpc) is 2.86. The first kappa shape index (κ1) is 15.0. The highest BCUT2D eigenvalue weighted by molar-refractivity contribution is 5.94. The number of rotatable bonds is 4. The van der Waals surface area contributed by atoms with E-state index in [4.69, 9.17) is 0 Å². The highest BCUT2D eigenvalue weighted by Crippen LogP contribution is 2.13. The van der Waals surface area contributed by atoms with Gasteiger partial charge in [-0.05, 0) is 20.3 Å². The van der Waals surface area contributed by atoms with Crippen molar-refractivity contribution in [2.24, 2.45) is 7.05 Å². The molecular weight excluding hydrogens is 268 g/mol. The fourth-order valence-corrected chi connectivity index (χ4v) is 2.11. The van der Waals surface area contributed by atoms with Crippen molar-refractivity contribution in [3.8, 4) is 0 Å². The van der Waals surface area contributed by atoms with Crippen molar-refractivity contribution in [1.29, 1.82) is 0 Å². The number of carbonyl (C=O) groups excluding carboxylic acids is 1. The zero-order chi connectivity index (χ0) is 15.6. The Kier molecular flexibility index (Phi) is 4.26. The Balaban J connectivity index is 2.24. The molecule has 2 aromatic rings. The van der Waals surface area contributed by atoms with Crippen LogP contribution in [0, 0.1) is 13.8 Å². The highest BCUT2D eigenvalue weighted by atomic mass is 16.2. The molecule has 1 atom stereocenters. The number of pyridine rings is 1. The maximum absolute atomic E-state index is 12.3. The van der Waals surface area contributed by atoms with Crippen LogP contribution in [0.1, 0.15) is 47.0 Å². The number of nitrogens with zero attached hydrogens (tertiary/aromatic N) is 2. The molecule has 0 radical (unpaired) electrons. The first-order valence-corrected chi connectivity index (χ1v) is 6.92. The quantitative estimate of drug-likeness (QED) is 0.897. The fraction of sp³-hybridized carbons (Fsp3) is 0.400. The molecule has 0 fully saturated rings. The smallest absolute Gasteiger partial charge is 0.257 e. The molecule has 0 saturated heterocycles. The van der Waals surface area contributed by atoms with E-state index in [1.54, 1.807) is 24.0 Å². The lowest BCUT2D eigenvalue weighted by Crippen LogP contribution is -2.33. The van der Waals surface area contributed by atoms with E-state index in [0.29, 0.717) is 12.2 Å². The molecule has 2 N–H and O–H groups in total. The van der Waals surface area contributed by atoms with Crippen molar-refractivity contribution in [2.75, 3.05) is 0 Å². The van der Waals surface area contributed by atoms with E-state index < -0.39 is 0 Å². The number of hydrogen-bond donors (Lipinski definition) is 2. The Morgan fingerprint density at radius 1 is 1.48 bits per heavy atom. The van der Waals surface area contributed by atoms with Crippen molar-refractivity contribution in [1.82, 2.24) is 19.9 Å². The molecule has 0 aliphatic carbocycles. The first-order chi connectivity index (χ1) is 9.92. The summed E-state index contributed by atoms with van der Waals surface area (Å²) in [4.78, 5) is 31.6. The Morgan fingerprint density at radius 3 is 2.76 bits per heavy atom. The van der Waals surface area contributed by atoms with Crippen LogP contribution in [0.3, 0.4) is 0 Å². The molecule has 0 aliphatic rings. The summed E-state index contributed by atoms with van der Waals surface area (Å²) in [6.45, 7) is 5.68. The lowest BCUT2D eigenvalue weighted by Gasteiger charge is -2.15. The van der Waals surface area contributed by atoms with Gasteiger partial charge in [0.1, 0.15) is 11.4 Å². The molecule has 0 bridgehead atoms. The van der Waals surface area contributed by atoms with E-state index in [2.05, 4.69) is 15.3 Å². The van der Waals surface area contributed by atoms with E-state index >= 15 is 0 Å². The molecule has 2 rings (SSSR count). The van der Waals surface area contributed by atoms with E-state index in [9.17, 15) is 9.59 Å². The lowest BCUT2D eigenvalue weighted by atomic mass is 10.1. The SMILES string of the molecule is CC[C@@H](NC(=O)c1cn(C)c(C)cc1=O)c1ncc(C)[nH]1. The second kappa shape index (κ2) is 5.95. The van der Waals surface area contributed by atoms with Crippen LogP contribution in [0.2, 0.25) is 0 Å². The summed E-state index contributed by atoms with van der Waals surface area (Å²) >= 11 is 0. The van der Waals surface area contributed by atoms with Crippen molar-refractivity contribution in [3.05, 3.63) is 51.5 Å². The van der Waals surface area contributed by atoms with E-state index in [1.807, 2.05) is 20.8 Å². The Bertz CT molecular complexity index is 715. The van der Waals surface area contributed by atoms with Gasteiger partial charge in [-0.15, -0.1) is 0 Å². The minimum Gasteiger partial charge on any atom is -0.354 e. The molecule has 1 amide bonds. The molecule has 112 valence electrons. The minimum absolute atomic E-state index is 0.143. The van der Waals surface area contributed by atoms with Crippen LogP contribution in [-0.4, -0.2) is 20.4 Å². The number of carbonyl (C=O) groups is 1. The number of imidazole rings is 1. The maximum atomic E-state index is 12.3. The number of hydrogen-bond acceptors (Lipinski definition) is 3. The minimum atomic E-state index is -0.378. The molecule has 6 heteroatoms. The van der Waals surface area contributed by atoms with Crippen LogP contribution in [0.4, 0.5) is 0 Å². The van der Waals surface area contributed by atoms with Gasteiger partial charge in [-0.2, -0.15) is 0 Å². The summed E-state index contributed by atoms with van der Waals surface area (Å²) in [6.07, 6.45) is 3.97. The summed E-state index contributed by atoms with van der Waals surface area (Å²) in [5.41, 5.74) is 1.62. The van der Waals surface area contributed by atoms with Crippen LogP contribution < -0.4 is 10.7 Å². The Morgan fingerprint density at radius 2 is 2.19 bits per heavy atom. The van der Waals surface area contributed by atoms with Crippen LogP contribution in [0.15, 0.2) is 23.3 Å². The molecular formula is C15H20N4O2. The van der Waals surface area contributed by atoms with Gasteiger partial charge in [0.2, 0.25) is 0 Å². The zero-order valence-electron chi connectivity index (χ0n) is 12.7. The third-order valence-electron chi connectivity index (χ3n) is 3.50. The predicted octanol–water partition coefficient (Wildman–Crippen LogP) is 1.61. The van der Waals surface area contributed by atoms with Crippen LogP contribution in [0.25, 0.3) is 0 Å². The highest BCUT2D eigenvalue weighted by Gasteiger charge is 2.18. The number of aromatic nitrogens is 3. The fourth-order valence-electron chi connectivity index (χ4n) is 2.11. The first-order valence-electron chi connectivity index (χ1n) is 6.92. The second-order valence-corrected chi connectivity index (χ2v) is 5.19. The van der Waals surface area contributed by atoms with Crippen molar-refractivity contribution in [2.45, 2.75) is 33.2 Å². The van der Waals surface area contributed by atoms with E-state index in [-0.39, 0.29) is 22.9 Å². The number of aryl methyl sites for hydroxylation is 3. The normalized spacial score (nSPS) is 12.2. The van der Waals surface area contributed by atoms with Gasteiger partial charge in [0.25, 0.3) is 5.91 Å². The van der Waals surface area contributed by atoms with Gasteiger partial charge in [0.05, 0.1) is 6.04 Å². The van der Waals surface area contributed by atoms with Gasteiger partial charge in [-0.3, -0.25) is 9.59 Å². The third kappa shape index (κ3) is 3.21. The van der Waals surface area contributed by atoms with E-state index in [1.165, 1.54) is 6.07 Å². The topological polar surface area (TPSA) is 79.8 Å². The van der Waals surface area contributed by atoms with Gasteiger partial charge >= 0.3 is 0 Å². The summed E-state index contributed by atoms with van der Waals surface area (Å²) in [5.74, 6) is 0.323. The largest absolute Gasteiger partial charge is 0.354 e. The number of amides is 1. The lowest BCUT2D eigenvalue weighted by molar-refractivity contribution is 0.0932. The zero-order valence-corrected chi connectivity index (χ0v) is 12.7. The summed E-state index contributed by atoms with van der Waals surface area (Å²) < 4.78 is 1.76. The third-order valence-corrected chi connectivity index (χ3v) is 3.50. The van der Waals surface area contributed by atoms with Gasteiger partial charge in [-0.1, -0.05) is 6.92 Å². The molecule has 0 saturated carbocycles. The number of H-pyrrole nitrogens is 1. The number of nitrogens with one attached hydrogen (secondary N) is 2. The average molecular weight is 288 g/mol. The number of aromatic amines is 1. The Hall–Kier alpha value is -2.37. The van der Waals surface area contributed by atoms with Crippen molar-refractivity contribution < 1.29 is 4.79 Å². The monoisotopic (exact) mass is 288 g/mol. The second-order valence-electron chi connectivity index (χ2n) is 5.19. The molecule has 0 spiro atoms. The molecule has 6 nitrogen and oxygen atoms in total. The molecule has 2 aromatic heterocycles. The summed E-state index contributed by atoms with van der Waals surface area (Å²) in [5, 5.41) is 2.85. The van der Waals surface area contributed by atoms with Crippen LogP contribution in [0.5, 0.6) is 0 Å². The van der Waals surface area contributed by atoms with Gasteiger partial charge in [-0.25, -0.2) is 4.98 Å². The summed E-state index contributed by atoms with van der Waals surface area (Å²) in [7, 11) is 1.80. The van der Waals surface area contributed by atoms with Crippen molar-refractivity contribution in [3.63, 3.8) is 0 Å². The summed E-state index contributed by atoms with van der Waals surface area (Å²) in [6, 6.07) is 1.23. The van der Waals surface area contributed by atoms with Crippen molar-refractivity contribution >= 4 is 5.91 Å². The molecule has 0 unspecified atom stereocenters. The molecule has 0 aromatic carbocycles. The standard InChI is InChI=1S/C15H20N4O2/c1-5-12(14-16-7-9(2)17-14)18-15(21)11-8-19(4)10(3)6-13(11)20/h6-8,12H,5H2,1-4H3,(H,16,17)(H,18,21)/t12-/m1/s1. The maximum Gasteiger partial charge on any atom is 0.257 e. The molecule has 0 aliphatic heterocycles. The van der Waals surface area contributed by atoms with Gasteiger partial charge in [0.15, 0.2) is 5.43 Å². The molecule has 2 heterocycles.